The van der Waals surface area contributed by atoms with Crippen molar-refractivity contribution in [2.75, 3.05) is 0 Å². The van der Waals surface area contributed by atoms with Gasteiger partial charge in [-0.2, -0.15) is 0 Å². The molecule has 1 aliphatic rings. The van der Waals surface area contributed by atoms with E-state index >= 15 is 0 Å². The number of hydrogen-bond acceptors (Lipinski definition) is 1. The van der Waals surface area contributed by atoms with Gasteiger partial charge < -0.3 is 0 Å². The van der Waals surface area contributed by atoms with Crippen molar-refractivity contribution in [3.8, 4) is 0 Å². The van der Waals surface area contributed by atoms with Crippen molar-refractivity contribution in [3.05, 3.63) is 35.4 Å². The summed E-state index contributed by atoms with van der Waals surface area (Å²) in [6, 6.07) is 8.50. The summed E-state index contributed by atoms with van der Waals surface area (Å²) < 4.78 is 0. The lowest BCUT2D eigenvalue weighted by atomic mass is 9.98. The zero-order valence-electron chi connectivity index (χ0n) is 9.54. The van der Waals surface area contributed by atoms with Crippen LogP contribution < -0.4 is 0 Å². The van der Waals surface area contributed by atoms with Gasteiger partial charge in [-0.05, 0) is 11.5 Å². The van der Waals surface area contributed by atoms with Crippen LogP contribution in [0.15, 0.2) is 29.3 Å². The van der Waals surface area contributed by atoms with Gasteiger partial charge in [-0.15, -0.1) is 0 Å². The number of nitrogens with zero attached hydrogens (tertiary/aromatic N) is 1. The maximum absolute atomic E-state index is 4.52. The summed E-state index contributed by atoms with van der Waals surface area (Å²) in [4.78, 5) is 4.52. The Hall–Kier alpha value is -1.11. The van der Waals surface area contributed by atoms with E-state index in [4.69, 9.17) is 0 Å². The Morgan fingerprint density at radius 3 is 2.43 bits per heavy atom. The Kier molecular flexibility index (Phi) is 3.87. The molecule has 0 saturated heterocycles. The summed E-state index contributed by atoms with van der Waals surface area (Å²) in [5.74, 6) is 0.550. The molecule has 0 aromatic heterocycles. The summed E-state index contributed by atoms with van der Waals surface area (Å²) in [6.45, 7) is 9.27. The largest absolute Gasteiger partial charge is 0.284 e. The maximum atomic E-state index is 4.52. The highest BCUT2D eigenvalue weighted by atomic mass is 14.8. The first-order valence-corrected chi connectivity index (χ1v) is 5.41. The van der Waals surface area contributed by atoms with Gasteiger partial charge in [-0.1, -0.05) is 52.0 Å². The molecule has 0 unspecified atom stereocenters. The van der Waals surface area contributed by atoms with Gasteiger partial charge in [0, 0.05) is 11.3 Å². The molecule has 0 saturated carbocycles. The van der Waals surface area contributed by atoms with Gasteiger partial charge in [0.1, 0.15) is 0 Å². The van der Waals surface area contributed by atoms with E-state index in [-0.39, 0.29) is 0 Å². The second-order valence-corrected chi connectivity index (χ2v) is 3.51. The van der Waals surface area contributed by atoms with Crippen molar-refractivity contribution in [2.45, 2.75) is 34.2 Å². The fourth-order valence-corrected chi connectivity index (χ4v) is 1.66. The standard InChI is InChI=1S/C11H13N.C2H6/c1-8(2)11-10-6-4-3-5-9(10)7-12-11;1-2/h3-6,8H,7H2,1-2H3;1-2H3. The summed E-state index contributed by atoms with van der Waals surface area (Å²) in [5.41, 5.74) is 4.00. The van der Waals surface area contributed by atoms with Crippen LogP contribution in [-0.4, -0.2) is 5.71 Å². The molecule has 14 heavy (non-hydrogen) atoms. The third kappa shape index (κ3) is 2.03. The highest BCUT2D eigenvalue weighted by Crippen LogP contribution is 2.21. The molecular formula is C13H19N. The molecule has 1 aromatic carbocycles. The Balaban J connectivity index is 0.000000461. The fourth-order valence-electron chi connectivity index (χ4n) is 1.66. The van der Waals surface area contributed by atoms with Crippen molar-refractivity contribution < 1.29 is 0 Å². The van der Waals surface area contributed by atoms with E-state index in [2.05, 4.69) is 43.1 Å². The summed E-state index contributed by atoms with van der Waals surface area (Å²) in [7, 11) is 0. The second kappa shape index (κ2) is 4.94. The molecule has 0 aliphatic carbocycles. The first-order valence-electron chi connectivity index (χ1n) is 5.41. The maximum Gasteiger partial charge on any atom is 0.0649 e. The molecule has 2 rings (SSSR count). The second-order valence-electron chi connectivity index (χ2n) is 3.51. The lowest BCUT2D eigenvalue weighted by Gasteiger charge is -2.05. The minimum atomic E-state index is 0.550. The molecule has 1 heterocycles. The number of rotatable bonds is 1. The summed E-state index contributed by atoms with van der Waals surface area (Å²) in [5, 5.41) is 0. The van der Waals surface area contributed by atoms with E-state index in [0.717, 1.165) is 6.54 Å². The van der Waals surface area contributed by atoms with Crippen molar-refractivity contribution in [2.24, 2.45) is 10.9 Å². The molecule has 0 amide bonds. The minimum Gasteiger partial charge on any atom is -0.284 e. The lowest BCUT2D eigenvalue weighted by molar-refractivity contribution is 0.882. The minimum absolute atomic E-state index is 0.550. The van der Waals surface area contributed by atoms with Gasteiger partial charge in [0.2, 0.25) is 0 Å². The van der Waals surface area contributed by atoms with Crippen molar-refractivity contribution in [1.82, 2.24) is 0 Å². The van der Waals surface area contributed by atoms with E-state index in [1.54, 1.807) is 0 Å². The van der Waals surface area contributed by atoms with Gasteiger partial charge in [0.15, 0.2) is 0 Å². The summed E-state index contributed by atoms with van der Waals surface area (Å²) in [6.07, 6.45) is 0. The quantitative estimate of drug-likeness (QED) is 0.639. The fraction of sp³-hybridized carbons (Fsp3) is 0.462. The van der Waals surface area contributed by atoms with Crippen LogP contribution in [0.4, 0.5) is 0 Å². The Bertz CT molecular complexity index is 324. The monoisotopic (exact) mass is 189 g/mol. The molecule has 0 atom stereocenters. The van der Waals surface area contributed by atoms with E-state index in [9.17, 15) is 0 Å². The Morgan fingerprint density at radius 1 is 1.14 bits per heavy atom. The molecule has 1 aliphatic heterocycles. The van der Waals surface area contributed by atoms with Gasteiger partial charge >= 0.3 is 0 Å². The van der Waals surface area contributed by atoms with Crippen molar-refractivity contribution in [3.63, 3.8) is 0 Å². The number of fused-ring (bicyclic) bond motifs is 1. The number of benzene rings is 1. The lowest BCUT2D eigenvalue weighted by Crippen LogP contribution is -2.06. The molecule has 1 aromatic rings. The number of aliphatic imine (C=N–C) groups is 1. The predicted molar refractivity (Wildman–Crippen MR) is 62.9 cm³/mol. The van der Waals surface area contributed by atoms with Crippen LogP contribution in [0.1, 0.15) is 38.8 Å². The van der Waals surface area contributed by atoms with Crippen LogP contribution in [-0.2, 0) is 6.54 Å². The third-order valence-electron chi connectivity index (χ3n) is 2.26. The molecule has 0 radical (unpaired) electrons. The van der Waals surface area contributed by atoms with Crippen LogP contribution in [0.3, 0.4) is 0 Å². The van der Waals surface area contributed by atoms with Crippen LogP contribution in [0, 0.1) is 5.92 Å². The van der Waals surface area contributed by atoms with E-state index in [0.29, 0.717) is 5.92 Å². The first kappa shape index (κ1) is 11.0. The molecule has 76 valence electrons. The average Bonchev–Trinajstić information content (AvgIpc) is 2.64. The normalized spacial score (nSPS) is 13.1. The molecule has 0 bridgehead atoms. The molecule has 0 N–H and O–H groups in total. The van der Waals surface area contributed by atoms with Gasteiger partial charge in [0.05, 0.1) is 6.54 Å². The van der Waals surface area contributed by atoms with E-state index in [1.165, 1.54) is 16.8 Å². The molecular weight excluding hydrogens is 170 g/mol. The third-order valence-corrected chi connectivity index (χ3v) is 2.26. The molecule has 1 heteroatoms. The molecule has 0 fully saturated rings. The molecule has 1 nitrogen and oxygen atoms in total. The Labute approximate surface area is 86.9 Å². The predicted octanol–water partition coefficient (Wildman–Crippen LogP) is 3.67. The van der Waals surface area contributed by atoms with Crippen LogP contribution in [0.2, 0.25) is 0 Å². The smallest absolute Gasteiger partial charge is 0.0649 e. The van der Waals surface area contributed by atoms with E-state index in [1.807, 2.05) is 13.8 Å². The topological polar surface area (TPSA) is 12.4 Å². The van der Waals surface area contributed by atoms with Gasteiger partial charge in [-0.25, -0.2) is 0 Å². The van der Waals surface area contributed by atoms with Crippen LogP contribution >= 0.6 is 0 Å². The summed E-state index contributed by atoms with van der Waals surface area (Å²) >= 11 is 0. The molecule has 0 spiro atoms. The van der Waals surface area contributed by atoms with Gasteiger partial charge in [-0.3, -0.25) is 4.99 Å². The number of hydrogen-bond donors (Lipinski definition) is 0. The van der Waals surface area contributed by atoms with E-state index < -0.39 is 0 Å². The SMILES string of the molecule is CC.CC(C)C1=NCc2ccccc21. The highest BCUT2D eigenvalue weighted by molar-refractivity contribution is 6.04. The van der Waals surface area contributed by atoms with Crippen LogP contribution in [0.25, 0.3) is 0 Å². The van der Waals surface area contributed by atoms with Crippen LogP contribution in [0.5, 0.6) is 0 Å². The van der Waals surface area contributed by atoms with Crippen molar-refractivity contribution in [1.29, 1.82) is 0 Å². The Morgan fingerprint density at radius 2 is 1.79 bits per heavy atom. The highest BCUT2D eigenvalue weighted by Gasteiger charge is 2.16. The van der Waals surface area contributed by atoms with Crippen molar-refractivity contribution >= 4 is 5.71 Å². The average molecular weight is 189 g/mol. The van der Waals surface area contributed by atoms with Gasteiger partial charge in [0.25, 0.3) is 0 Å². The zero-order chi connectivity index (χ0) is 10.6. The zero-order valence-corrected chi connectivity index (χ0v) is 9.54. The first-order chi connectivity index (χ1) is 6.79.